The number of hydrogen-bond acceptors (Lipinski definition) is 5. The summed E-state index contributed by atoms with van der Waals surface area (Å²) >= 11 is 0. The minimum absolute atomic E-state index is 0.192. The SMILES string of the molecule is Cc1ccc(C(=O)NCc2ccccn2)cc1S(=O)(=O)N1CCN(C)CC1. The number of pyridine rings is 1. The average Bonchev–Trinajstić information content (AvgIpc) is 2.67. The fourth-order valence-electron chi connectivity index (χ4n) is 2.96. The second kappa shape index (κ2) is 8.16. The van der Waals surface area contributed by atoms with Gasteiger partial charge in [-0.05, 0) is 43.8 Å². The number of sulfonamides is 1. The molecule has 1 aliphatic heterocycles. The summed E-state index contributed by atoms with van der Waals surface area (Å²) in [7, 11) is -1.65. The van der Waals surface area contributed by atoms with Gasteiger partial charge in [-0.1, -0.05) is 12.1 Å². The van der Waals surface area contributed by atoms with Crippen LogP contribution >= 0.6 is 0 Å². The molecule has 8 heteroatoms. The molecule has 7 nitrogen and oxygen atoms in total. The zero-order valence-corrected chi connectivity index (χ0v) is 16.4. The van der Waals surface area contributed by atoms with Crippen molar-refractivity contribution >= 4 is 15.9 Å². The number of hydrogen-bond donors (Lipinski definition) is 1. The zero-order chi connectivity index (χ0) is 19.4. The van der Waals surface area contributed by atoms with E-state index in [9.17, 15) is 13.2 Å². The normalized spacial score (nSPS) is 16.2. The van der Waals surface area contributed by atoms with Crippen LogP contribution in [0.4, 0.5) is 0 Å². The Morgan fingerprint density at radius 2 is 1.89 bits per heavy atom. The van der Waals surface area contributed by atoms with E-state index in [4.69, 9.17) is 0 Å². The van der Waals surface area contributed by atoms with Crippen molar-refractivity contribution in [2.45, 2.75) is 18.4 Å². The van der Waals surface area contributed by atoms with Crippen molar-refractivity contribution in [3.63, 3.8) is 0 Å². The molecule has 0 unspecified atom stereocenters. The highest BCUT2D eigenvalue weighted by Crippen LogP contribution is 2.22. The molecule has 0 bridgehead atoms. The number of aromatic nitrogens is 1. The minimum atomic E-state index is -3.62. The van der Waals surface area contributed by atoms with E-state index in [1.165, 1.54) is 10.4 Å². The second-order valence-electron chi connectivity index (χ2n) is 6.69. The van der Waals surface area contributed by atoms with Crippen LogP contribution in [-0.4, -0.2) is 61.7 Å². The molecule has 1 aromatic carbocycles. The lowest BCUT2D eigenvalue weighted by molar-refractivity contribution is 0.0950. The molecule has 0 atom stereocenters. The molecule has 1 fully saturated rings. The van der Waals surface area contributed by atoms with Crippen molar-refractivity contribution in [1.82, 2.24) is 19.5 Å². The Balaban J connectivity index is 1.78. The van der Waals surface area contributed by atoms with Crippen molar-refractivity contribution < 1.29 is 13.2 Å². The Morgan fingerprint density at radius 3 is 2.56 bits per heavy atom. The number of likely N-dealkylation sites (N-methyl/N-ethyl adjacent to an activating group) is 1. The number of nitrogens with zero attached hydrogens (tertiary/aromatic N) is 3. The predicted molar refractivity (Wildman–Crippen MR) is 103 cm³/mol. The fourth-order valence-corrected chi connectivity index (χ4v) is 4.64. The molecule has 2 heterocycles. The van der Waals surface area contributed by atoms with Gasteiger partial charge in [-0.15, -0.1) is 0 Å². The summed E-state index contributed by atoms with van der Waals surface area (Å²) in [5.41, 5.74) is 1.70. The number of rotatable bonds is 5. The Bertz CT molecular complexity index is 908. The second-order valence-corrected chi connectivity index (χ2v) is 8.60. The third-order valence-electron chi connectivity index (χ3n) is 4.69. The number of aryl methyl sites for hydroxylation is 1. The van der Waals surface area contributed by atoms with E-state index in [-0.39, 0.29) is 17.3 Å². The van der Waals surface area contributed by atoms with Gasteiger partial charge in [0, 0.05) is 37.9 Å². The Morgan fingerprint density at radius 1 is 1.15 bits per heavy atom. The summed E-state index contributed by atoms with van der Waals surface area (Å²) < 4.78 is 27.6. The molecule has 2 aromatic rings. The smallest absolute Gasteiger partial charge is 0.251 e. The maximum Gasteiger partial charge on any atom is 0.251 e. The predicted octanol–water partition coefficient (Wildman–Crippen LogP) is 1.26. The Hall–Kier alpha value is -2.29. The molecule has 0 saturated carbocycles. The monoisotopic (exact) mass is 388 g/mol. The Kier molecular flexibility index (Phi) is 5.88. The summed E-state index contributed by atoms with van der Waals surface area (Å²) in [6.07, 6.45) is 1.66. The van der Waals surface area contributed by atoms with E-state index in [0.717, 1.165) is 5.69 Å². The topological polar surface area (TPSA) is 82.6 Å². The van der Waals surface area contributed by atoms with Crippen LogP contribution in [0.2, 0.25) is 0 Å². The first-order chi connectivity index (χ1) is 12.9. The first-order valence-corrected chi connectivity index (χ1v) is 10.3. The van der Waals surface area contributed by atoms with E-state index in [0.29, 0.717) is 37.3 Å². The first-order valence-electron chi connectivity index (χ1n) is 8.85. The minimum Gasteiger partial charge on any atom is -0.346 e. The molecule has 1 saturated heterocycles. The van der Waals surface area contributed by atoms with Gasteiger partial charge in [0.1, 0.15) is 0 Å². The van der Waals surface area contributed by atoms with Crippen LogP contribution in [0.1, 0.15) is 21.6 Å². The highest BCUT2D eigenvalue weighted by molar-refractivity contribution is 7.89. The highest BCUT2D eigenvalue weighted by Gasteiger charge is 2.29. The molecule has 144 valence electrons. The lowest BCUT2D eigenvalue weighted by Crippen LogP contribution is -2.47. The number of amides is 1. The molecular weight excluding hydrogens is 364 g/mol. The summed E-state index contributed by atoms with van der Waals surface area (Å²) in [5.74, 6) is -0.324. The maximum absolute atomic E-state index is 13.0. The fraction of sp³-hybridized carbons (Fsp3) is 0.368. The van der Waals surface area contributed by atoms with E-state index < -0.39 is 10.0 Å². The molecule has 3 rings (SSSR count). The van der Waals surface area contributed by atoms with Gasteiger partial charge in [0.15, 0.2) is 0 Å². The summed E-state index contributed by atoms with van der Waals surface area (Å²) in [6, 6.07) is 10.3. The first kappa shape index (κ1) is 19.5. The van der Waals surface area contributed by atoms with Gasteiger partial charge >= 0.3 is 0 Å². The summed E-state index contributed by atoms with van der Waals surface area (Å²) in [5, 5.41) is 2.78. The van der Waals surface area contributed by atoms with Crippen molar-refractivity contribution in [1.29, 1.82) is 0 Å². The van der Waals surface area contributed by atoms with Crippen LogP contribution in [0.25, 0.3) is 0 Å². The largest absolute Gasteiger partial charge is 0.346 e. The van der Waals surface area contributed by atoms with Gasteiger partial charge in [-0.3, -0.25) is 9.78 Å². The van der Waals surface area contributed by atoms with Gasteiger partial charge < -0.3 is 10.2 Å². The Labute approximate surface area is 160 Å². The van der Waals surface area contributed by atoms with Gasteiger partial charge in [-0.2, -0.15) is 4.31 Å². The van der Waals surface area contributed by atoms with Crippen LogP contribution in [0, 0.1) is 6.92 Å². The summed E-state index contributed by atoms with van der Waals surface area (Å²) in [4.78, 5) is 18.9. The van der Waals surface area contributed by atoms with Crippen LogP contribution in [0.15, 0.2) is 47.5 Å². The van der Waals surface area contributed by atoms with Crippen LogP contribution < -0.4 is 5.32 Å². The van der Waals surface area contributed by atoms with Gasteiger partial charge in [0.05, 0.1) is 17.1 Å². The number of nitrogens with one attached hydrogen (secondary N) is 1. The third-order valence-corrected chi connectivity index (χ3v) is 6.73. The van der Waals surface area contributed by atoms with Crippen molar-refractivity contribution in [3.05, 3.63) is 59.4 Å². The third kappa shape index (κ3) is 4.52. The molecule has 0 radical (unpaired) electrons. The van der Waals surface area contributed by atoms with Crippen LogP contribution in [0.3, 0.4) is 0 Å². The van der Waals surface area contributed by atoms with E-state index in [2.05, 4.69) is 15.2 Å². The van der Waals surface area contributed by atoms with Crippen LogP contribution in [-0.2, 0) is 16.6 Å². The summed E-state index contributed by atoms with van der Waals surface area (Å²) in [6.45, 7) is 4.33. The lowest BCUT2D eigenvalue weighted by atomic mass is 10.1. The van der Waals surface area contributed by atoms with Crippen LogP contribution in [0.5, 0.6) is 0 Å². The van der Waals surface area contributed by atoms with E-state index in [1.807, 2.05) is 19.2 Å². The number of carbonyl (C=O) groups excluding carboxylic acids is 1. The van der Waals surface area contributed by atoms with Crippen molar-refractivity contribution in [2.75, 3.05) is 33.2 Å². The van der Waals surface area contributed by atoms with Crippen molar-refractivity contribution in [2.24, 2.45) is 0 Å². The average molecular weight is 388 g/mol. The van der Waals surface area contributed by atoms with Gasteiger partial charge in [0.25, 0.3) is 5.91 Å². The highest BCUT2D eigenvalue weighted by atomic mass is 32.2. The number of piperazine rings is 1. The number of carbonyl (C=O) groups is 1. The molecule has 1 aromatic heterocycles. The number of benzene rings is 1. The zero-order valence-electron chi connectivity index (χ0n) is 15.6. The molecule has 1 N–H and O–H groups in total. The molecular formula is C19H24N4O3S. The lowest BCUT2D eigenvalue weighted by Gasteiger charge is -2.32. The molecule has 27 heavy (non-hydrogen) atoms. The standard InChI is InChI=1S/C19H24N4O3S/c1-15-6-7-16(19(24)21-14-17-5-3-4-8-20-17)13-18(15)27(25,26)23-11-9-22(2)10-12-23/h3-8,13H,9-12,14H2,1-2H3,(H,21,24). The van der Waals surface area contributed by atoms with Gasteiger partial charge in [0.2, 0.25) is 10.0 Å². The molecule has 0 spiro atoms. The van der Waals surface area contributed by atoms with Gasteiger partial charge in [-0.25, -0.2) is 8.42 Å². The van der Waals surface area contributed by atoms with E-state index in [1.54, 1.807) is 31.3 Å². The molecule has 1 amide bonds. The maximum atomic E-state index is 13.0. The molecule has 1 aliphatic rings. The van der Waals surface area contributed by atoms with Crippen molar-refractivity contribution in [3.8, 4) is 0 Å². The molecule has 0 aliphatic carbocycles. The van der Waals surface area contributed by atoms with E-state index >= 15 is 0 Å². The quantitative estimate of drug-likeness (QED) is 0.834.